The minimum Gasteiger partial charge on any atom is -0.314 e. The normalized spacial score (nSPS) is 14.6. The van der Waals surface area contributed by atoms with Crippen molar-refractivity contribution in [2.75, 3.05) is 6.54 Å². The molecule has 2 unspecified atom stereocenters. The molecular formula is C17H28ClN. The molecule has 1 nitrogen and oxygen atoms in total. The second kappa shape index (κ2) is 8.60. The van der Waals surface area contributed by atoms with E-state index in [1.54, 1.807) is 0 Å². The van der Waals surface area contributed by atoms with Gasteiger partial charge in [0.15, 0.2) is 0 Å². The van der Waals surface area contributed by atoms with Gasteiger partial charge in [-0.25, -0.2) is 0 Å². The summed E-state index contributed by atoms with van der Waals surface area (Å²) in [6, 6.07) is 8.78. The van der Waals surface area contributed by atoms with E-state index in [4.69, 9.17) is 11.6 Å². The van der Waals surface area contributed by atoms with Crippen LogP contribution in [0.5, 0.6) is 0 Å². The molecule has 0 spiro atoms. The molecule has 0 radical (unpaired) electrons. The maximum Gasteiger partial charge on any atom is 0.0438 e. The van der Waals surface area contributed by atoms with Gasteiger partial charge in [0.25, 0.3) is 0 Å². The first-order valence-electron chi connectivity index (χ1n) is 7.51. The van der Waals surface area contributed by atoms with E-state index in [-0.39, 0.29) is 0 Å². The van der Waals surface area contributed by atoms with Crippen LogP contribution >= 0.6 is 11.6 Å². The third-order valence-corrected chi connectivity index (χ3v) is 4.15. The predicted octanol–water partition coefficient (Wildman–Crippen LogP) is 4.93. The number of hydrogen-bond donors (Lipinski definition) is 1. The number of nitrogens with one attached hydrogen (secondary N) is 1. The molecule has 1 N–H and O–H groups in total. The molecule has 0 saturated heterocycles. The highest BCUT2D eigenvalue weighted by molar-refractivity contribution is 6.31. The first kappa shape index (κ1) is 16.5. The summed E-state index contributed by atoms with van der Waals surface area (Å²) in [5, 5.41) is 4.48. The Morgan fingerprint density at radius 2 is 1.84 bits per heavy atom. The highest BCUT2D eigenvalue weighted by Crippen LogP contribution is 2.25. The van der Waals surface area contributed by atoms with E-state index < -0.39 is 0 Å². The number of benzene rings is 1. The van der Waals surface area contributed by atoms with E-state index in [2.05, 4.69) is 45.1 Å². The van der Waals surface area contributed by atoms with E-state index >= 15 is 0 Å². The van der Waals surface area contributed by atoms with Crippen LogP contribution in [-0.2, 0) is 6.42 Å². The number of rotatable bonds is 8. The lowest BCUT2D eigenvalue weighted by Gasteiger charge is -2.26. The zero-order chi connectivity index (χ0) is 14.3. The van der Waals surface area contributed by atoms with E-state index in [9.17, 15) is 0 Å². The van der Waals surface area contributed by atoms with Crippen LogP contribution in [0, 0.1) is 11.8 Å². The maximum atomic E-state index is 6.29. The topological polar surface area (TPSA) is 12.0 Å². The molecule has 1 rings (SSSR count). The summed E-state index contributed by atoms with van der Waals surface area (Å²) >= 11 is 6.29. The summed E-state index contributed by atoms with van der Waals surface area (Å²) in [5.41, 5.74) is 1.28. The summed E-state index contributed by atoms with van der Waals surface area (Å²) in [5.74, 6) is 1.38. The van der Waals surface area contributed by atoms with Gasteiger partial charge in [-0.2, -0.15) is 0 Å². The standard InChI is InChI=1S/C17H28ClN/c1-5-8-14(4)16(12-19-13(2)3)11-15-9-6-7-10-17(15)18/h6-7,9-10,13-14,16,19H,5,8,11-12H2,1-4H3. The van der Waals surface area contributed by atoms with Gasteiger partial charge < -0.3 is 5.32 Å². The summed E-state index contributed by atoms with van der Waals surface area (Å²) in [6.45, 7) is 10.1. The van der Waals surface area contributed by atoms with Gasteiger partial charge in [0.2, 0.25) is 0 Å². The molecule has 0 fully saturated rings. The second-order valence-electron chi connectivity index (χ2n) is 5.88. The monoisotopic (exact) mass is 281 g/mol. The second-order valence-corrected chi connectivity index (χ2v) is 6.29. The van der Waals surface area contributed by atoms with Crippen LogP contribution in [0.1, 0.15) is 46.1 Å². The maximum absolute atomic E-state index is 6.29. The minimum atomic E-state index is 0.544. The summed E-state index contributed by atoms with van der Waals surface area (Å²) in [6.07, 6.45) is 3.61. The molecule has 0 amide bonds. The van der Waals surface area contributed by atoms with Crippen molar-refractivity contribution in [3.8, 4) is 0 Å². The lowest BCUT2D eigenvalue weighted by Crippen LogP contribution is -2.33. The van der Waals surface area contributed by atoms with Crippen LogP contribution in [0.25, 0.3) is 0 Å². The molecule has 1 aromatic rings. The first-order valence-corrected chi connectivity index (χ1v) is 7.89. The van der Waals surface area contributed by atoms with Gasteiger partial charge in [-0.1, -0.05) is 70.3 Å². The van der Waals surface area contributed by atoms with Crippen molar-refractivity contribution in [1.29, 1.82) is 0 Å². The van der Waals surface area contributed by atoms with Crippen molar-refractivity contribution in [1.82, 2.24) is 5.32 Å². The van der Waals surface area contributed by atoms with E-state index in [0.29, 0.717) is 12.0 Å². The molecule has 19 heavy (non-hydrogen) atoms. The quantitative estimate of drug-likeness (QED) is 0.712. The van der Waals surface area contributed by atoms with Gasteiger partial charge in [0.05, 0.1) is 0 Å². The highest BCUT2D eigenvalue weighted by atomic mass is 35.5. The van der Waals surface area contributed by atoms with Crippen LogP contribution in [0.15, 0.2) is 24.3 Å². The molecular weight excluding hydrogens is 254 g/mol. The molecule has 0 bridgehead atoms. The molecule has 0 heterocycles. The lowest BCUT2D eigenvalue weighted by molar-refractivity contribution is 0.310. The Labute approximate surface area is 123 Å². The summed E-state index contributed by atoms with van der Waals surface area (Å²) in [7, 11) is 0. The van der Waals surface area contributed by atoms with Gasteiger partial charge in [-0.3, -0.25) is 0 Å². The highest BCUT2D eigenvalue weighted by Gasteiger charge is 2.18. The molecule has 108 valence electrons. The Balaban J connectivity index is 2.70. The number of hydrogen-bond acceptors (Lipinski definition) is 1. The zero-order valence-electron chi connectivity index (χ0n) is 12.7. The van der Waals surface area contributed by atoms with Gasteiger partial charge in [0, 0.05) is 11.1 Å². The Bertz CT molecular complexity index is 362. The van der Waals surface area contributed by atoms with Crippen molar-refractivity contribution in [3.05, 3.63) is 34.9 Å². The predicted molar refractivity (Wildman–Crippen MR) is 85.9 cm³/mol. The van der Waals surface area contributed by atoms with Gasteiger partial charge in [0.1, 0.15) is 0 Å². The van der Waals surface area contributed by atoms with Gasteiger partial charge >= 0.3 is 0 Å². The van der Waals surface area contributed by atoms with Gasteiger partial charge in [-0.15, -0.1) is 0 Å². The Hall–Kier alpha value is -0.530. The molecule has 2 heteroatoms. The molecule has 0 aliphatic heterocycles. The third-order valence-electron chi connectivity index (χ3n) is 3.78. The van der Waals surface area contributed by atoms with Crippen molar-refractivity contribution >= 4 is 11.6 Å². The van der Waals surface area contributed by atoms with E-state index in [0.717, 1.165) is 23.9 Å². The zero-order valence-corrected chi connectivity index (χ0v) is 13.5. The van der Waals surface area contributed by atoms with Crippen LogP contribution in [-0.4, -0.2) is 12.6 Å². The number of halogens is 1. The SMILES string of the molecule is CCCC(C)C(CNC(C)C)Cc1ccccc1Cl. The Morgan fingerprint density at radius 3 is 2.42 bits per heavy atom. The van der Waals surface area contributed by atoms with Crippen molar-refractivity contribution in [3.63, 3.8) is 0 Å². The van der Waals surface area contributed by atoms with Crippen molar-refractivity contribution in [2.24, 2.45) is 11.8 Å². The lowest BCUT2D eigenvalue weighted by atomic mass is 9.85. The molecule has 0 aliphatic carbocycles. The van der Waals surface area contributed by atoms with Crippen molar-refractivity contribution < 1.29 is 0 Å². The fourth-order valence-corrected chi connectivity index (χ4v) is 2.71. The van der Waals surface area contributed by atoms with Crippen LogP contribution in [0.3, 0.4) is 0 Å². The molecule has 0 aromatic heterocycles. The van der Waals surface area contributed by atoms with Crippen LogP contribution in [0.4, 0.5) is 0 Å². The van der Waals surface area contributed by atoms with Crippen LogP contribution < -0.4 is 5.32 Å². The van der Waals surface area contributed by atoms with Crippen molar-refractivity contribution in [2.45, 2.75) is 53.0 Å². The molecule has 0 saturated carbocycles. The average molecular weight is 282 g/mol. The molecule has 0 aliphatic rings. The third kappa shape index (κ3) is 5.97. The van der Waals surface area contributed by atoms with Crippen LogP contribution in [0.2, 0.25) is 5.02 Å². The average Bonchev–Trinajstić information content (AvgIpc) is 2.36. The Morgan fingerprint density at radius 1 is 1.16 bits per heavy atom. The fourth-order valence-electron chi connectivity index (χ4n) is 2.50. The fraction of sp³-hybridized carbons (Fsp3) is 0.647. The van der Waals surface area contributed by atoms with E-state index in [1.165, 1.54) is 18.4 Å². The summed E-state index contributed by atoms with van der Waals surface area (Å²) < 4.78 is 0. The van der Waals surface area contributed by atoms with Gasteiger partial charge in [-0.05, 0) is 36.4 Å². The largest absolute Gasteiger partial charge is 0.314 e. The van der Waals surface area contributed by atoms with E-state index in [1.807, 2.05) is 12.1 Å². The summed E-state index contributed by atoms with van der Waals surface area (Å²) in [4.78, 5) is 0. The molecule has 1 aromatic carbocycles. The molecule has 2 atom stereocenters. The first-order chi connectivity index (χ1) is 9.04. The smallest absolute Gasteiger partial charge is 0.0438 e. The minimum absolute atomic E-state index is 0.544. The Kier molecular flexibility index (Phi) is 7.48.